The van der Waals surface area contributed by atoms with Crippen molar-refractivity contribution in [2.75, 3.05) is 12.1 Å². The molecule has 2 rings (SSSR count). The van der Waals surface area contributed by atoms with Crippen LogP contribution in [-0.2, 0) is 4.79 Å². The van der Waals surface area contributed by atoms with Crippen LogP contribution in [-0.4, -0.2) is 18.5 Å². The van der Waals surface area contributed by atoms with Crippen LogP contribution < -0.4 is 14.8 Å². The van der Waals surface area contributed by atoms with E-state index in [4.69, 9.17) is 9.47 Å². The molecular weight excluding hydrogens is 246 g/mol. The number of nitrogens with one attached hydrogen (secondary N) is 1. The number of anilines is 1. The molecule has 0 unspecified atom stereocenters. The standard InChI is InChI=1S/C14H15NO4/c1-3-4-5-14(17)15-11-7-13-12(18-8-19-13)6-10(11)9(2)16/h3,6-7H,1,4-5,8H2,2H3,(H,15,17). The molecule has 1 heterocycles. The highest BCUT2D eigenvalue weighted by molar-refractivity contribution is 6.04. The molecule has 0 radical (unpaired) electrons. The van der Waals surface area contributed by atoms with Crippen LogP contribution in [0, 0.1) is 0 Å². The third-order valence-electron chi connectivity index (χ3n) is 2.74. The SMILES string of the molecule is C=CCCC(=O)Nc1cc2c(cc1C(C)=O)OCO2. The Bertz CT molecular complexity index is 536. The molecule has 100 valence electrons. The van der Waals surface area contributed by atoms with Crippen molar-refractivity contribution in [1.29, 1.82) is 0 Å². The molecule has 0 bridgehead atoms. The number of ether oxygens (including phenoxy) is 2. The summed E-state index contributed by atoms with van der Waals surface area (Å²) in [5.41, 5.74) is 0.863. The van der Waals surface area contributed by atoms with Crippen LogP contribution in [0.25, 0.3) is 0 Å². The first-order valence-corrected chi connectivity index (χ1v) is 5.97. The van der Waals surface area contributed by atoms with E-state index in [1.807, 2.05) is 0 Å². The average molecular weight is 261 g/mol. The molecule has 0 saturated heterocycles. The van der Waals surface area contributed by atoms with Gasteiger partial charge < -0.3 is 14.8 Å². The number of carbonyl (C=O) groups excluding carboxylic acids is 2. The van der Waals surface area contributed by atoms with Gasteiger partial charge in [-0.1, -0.05) is 6.08 Å². The van der Waals surface area contributed by atoms with Crippen molar-refractivity contribution >= 4 is 17.4 Å². The lowest BCUT2D eigenvalue weighted by molar-refractivity contribution is -0.116. The van der Waals surface area contributed by atoms with E-state index in [1.165, 1.54) is 6.92 Å². The van der Waals surface area contributed by atoms with E-state index in [-0.39, 0.29) is 18.5 Å². The quantitative estimate of drug-likeness (QED) is 0.653. The largest absolute Gasteiger partial charge is 0.454 e. The molecule has 0 saturated carbocycles. The molecule has 5 heteroatoms. The number of ketones is 1. The maximum Gasteiger partial charge on any atom is 0.231 e. The number of hydrogen-bond acceptors (Lipinski definition) is 4. The van der Waals surface area contributed by atoms with E-state index in [0.717, 1.165) is 0 Å². The molecule has 1 aliphatic rings. The number of Topliss-reactive ketones (excluding diaryl/α,β-unsaturated/α-hetero) is 1. The van der Waals surface area contributed by atoms with Gasteiger partial charge in [0.1, 0.15) is 0 Å². The molecule has 0 atom stereocenters. The van der Waals surface area contributed by atoms with Gasteiger partial charge >= 0.3 is 0 Å². The van der Waals surface area contributed by atoms with Crippen LogP contribution >= 0.6 is 0 Å². The Morgan fingerprint density at radius 1 is 1.37 bits per heavy atom. The van der Waals surface area contributed by atoms with Crippen molar-refractivity contribution in [3.05, 3.63) is 30.4 Å². The lowest BCUT2D eigenvalue weighted by atomic mass is 10.1. The second kappa shape index (κ2) is 5.56. The second-order valence-corrected chi connectivity index (χ2v) is 4.18. The Kier molecular flexibility index (Phi) is 3.85. The molecule has 0 spiro atoms. The third-order valence-corrected chi connectivity index (χ3v) is 2.74. The van der Waals surface area contributed by atoms with E-state index in [1.54, 1.807) is 18.2 Å². The van der Waals surface area contributed by atoms with Gasteiger partial charge in [0.25, 0.3) is 0 Å². The highest BCUT2D eigenvalue weighted by atomic mass is 16.7. The van der Waals surface area contributed by atoms with Crippen molar-refractivity contribution in [3.63, 3.8) is 0 Å². The summed E-state index contributed by atoms with van der Waals surface area (Å²) in [5.74, 6) is 0.747. The number of amides is 1. The Morgan fingerprint density at radius 3 is 2.68 bits per heavy atom. The smallest absolute Gasteiger partial charge is 0.231 e. The lowest BCUT2D eigenvalue weighted by Crippen LogP contribution is -2.13. The predicted octanol–water partition coefficient (Wildman–Crippen LogP) is 2.52. The normalized spacial score (nSPS) is 12.1. The van der Waals surface area contributed by atoms with Crippen LogP contribution in [0.2, 0.25) is 0 Å². The number of fused-ring (bicyclic) bond motifs is 1. The molecule has 1 aromatic carbocycles. The van der Waals surface area contributed by atoms with Crippen molar-refractivity contribution in [1.82, 2.24) is 0 Å². The van der Waals surface area contributed by atoms with Gasteiger partial charge in [-0.15, -0.1) is 6.58 Å². The minimum absolute atomic E-state index is 0.126. The third kappa shape index (κ3) is 2.93. The summed E-state index contributed by atoms with van der Waals surface area (Å²) in [6.07, 6.45) is 2.59. The van der Waals surface area contributed by atoms with Crippen LogP contribution in [0.3, 0.4) is 0 Å². The maximum absolute atomic E-state index is 11.7. The highest BCUT2D eigenvalue weighted by Gasteiger charge is 2.20. The van der Waals surface area contributed by atoms with E-state index < -0.39 is 0 Å². The maximum atomic E-state index is 11.7. The van der Waals surface area contributed by atoms with Gasteiger partial charge in [0, 0.05) is 18.1 Å². The molecule has 0 aliphatic carbocycles. The van der Waals surface area contributed by atoms with Crippen LogP contribution in [0.4, 0.5) is 5.69 Å². The van der Waals surface area contributed by atoms with Crippen molar-refractivity contribution in [2.45, 2.75) is 19.8 Å². The molecule has 1 N–H and O–H groups in total. The average Bonchev–Trinajstić information content (AvgIpc) is 2.82. The monoisotopic (exact) mass is 261 g/mol. The Hall–Kier alpha value is -2.30. The van der Waals surface area contributed by atoms with Gasteiger partial charge in [-0.3, -0.25) is 9.59 Å². The summed E-state index contributed by atoms with van der Waals surface area (Å²) >= 11 is 0. The van der Waals surface area contributed by atoms with Crippen molar-refractivity contribution in [3.8, 4) is 11.5 Å². The molecular formula is C14H15NO4. The lowest BCUT2D eigenvalue weighted by Gasteiger charge is -2.10. The highest BCUT2D eigenvalue weighted by Crippen LogP contribution is 2.37. The number of benzene rings is 1. The molecule has 5 nitrogen and oxygen atoms in total. The van der Waals surface area contributed by atoms with E-state index in [0.29, 0.717) is 35.6 Å². The fourth-order valence-corrected chi connectivity index (χ4v) is 1.78. The van der Waals surface area contributed by atoms with Gasteiger partial charge in [-0.2, -0.15) is 0 Å². The Labute approximate surface area is 111 Å². The molecule has 1 aromatic rings. The number of allylic oxidation sites excluding steroid dienone is 1. The van der Waals surface area contributed by atoms with Gasteiger partial charge in [-0.25, -0.2) is 0 Å². The molecule has 1 aliphatic heterocycles. The van der Waals surface area contributed by atoms with Crippen LogP contribution in [0.5, 0.6) is 11.5 Å². The summed E-state index contributed by atoms with van der Waals surface area (Å²) in [6.45, 7) is 5.13. The van der Waals surface area contributed by atoms with Crippen molar-refractivity contribution < 1.29 is 19.1 Å². The van der Waals surface area contributed by atoms with E-state index >= 15 is 0 Å². The minimum Gasteiger partial charge on any atom is -0.454 e. The van der Waals surface area contributed by atoms with Gasteiger partial charge in [0.2, 0.25) is 12.7 Å². The van der Waals surface area contributed by atoms with Crippen LogP contribution in [0.1, 0.15) is 30.1 Å². The van der Waals surface area contributed by atoms with Crippen LogP contribution in [0.15, 0.2) is 24.8 Å². The minimum atomic E-state index is -0.165. The number of hydrogen-bond donors (Lipinski definition) is 1. The first-order valence-electron chi connectivity index (χ1n) is 5.97. The van der Waals surface area contributed by atoms with Gasteiger partial charge in [-0.05, 0) is 19.4 Å². The Morgan fingerprint density at radius 2 is 2.05 bits per heavy atom. The molecule has 1 amide bonds. The Balaban J connectivity index is 2.25. The number of carbonyl (C=O) groups is 2. The molecule has 19 heavy (non-hydrogen) atoms. The van der Waals surface area contributed by atoms with E-state index in [2.05, 4.69) is 11.9 Å². The number of rotatable bonds is 5. The van der Waals surface area contributed by atoms with E-state index in [9.17, 15) is 9.59 Å². The second-order valence-electron chi connectivity index (χ2n) is 4.18. The summed E-state index contributed by atoms with van der Waals surface area (Å²) in [4.78, 5) is 23.3. The summed E-state index contributed by atoms with van der Waals surface area (Å²) < 4.78 is 10.4. The predicted molar refractivity (Wildman–Crippen MR) is 70.6 cm³/mol. The fraction of sp³-hybridized carbons (Fsp3) is 0.286. The summed E-state index contributed by atoms with van der Waals surface area (Å²) in [5, 5.41) is 2.71. The summed E-state index contributed by atoms with van der Waals surface area (Å²) in [7, 11) is 0. The first-order chi connectivity index (χ1) is 9.11. The van der Waals surface area contributed by atoms with Crippen molar-refractivity contribution in [2.24, 2.45) is 0 Å². The van der Waals surface area contributed by atoms with Gasteiger partial charge in [0.15, 0.2) is 17.3 Å². The molecule has 0 fully saturated rings. The zero-order chi connectivity index (χ0) is 13.8. The first kappa shape index (κ1) is 13.1. The molecule has 0 aromatic heterocycles. The topological polar surface area (TPSA) is 64.6 Å². The van der Waals surface area contributed by atoms with Gasteiger partial charge in [0.05, 0.1) is 5.69 Å². The fourth-order valence-electron chi connectivity index (χ4n) is 1.78. The zero-order valence-corrected chi connectivity index (χ0v) is 10.7. The zero-order valence-electron chi connectivity index (χ0n) is 10.7. The summed E-state index contributed by atoms with van der Waals surface area (Å²) in [6, 6.07) is 3.21.